The Labute approximate surface area is 194 Å². The second-order valence-electron chi connectivity index (χ2n) is 8.14. The van der Waals surface area contributed by atoms with Crippen LogP contribution in [0.1, 0.15) is 35.3 Å². The minimum absolute atomic E-state index is 0.0447. The number of alkyl carbamates (subject to hydrolysis) is 1. The highest BCUT2D eigenvalue weighted by Crippen LogP contribution is 2.11. The van der Waals surface area contributed by atoms with Crippen LogP contribution in [0.25, 0.3) is 0 Å². The van der Waals surface area contributed by atoms with E-state index >= 15 is 0 Å². The fourth-order valence-electron chi connectivity index (χ4n) is 3.43. The van der Waals surface area contributed by atoms with E-state index < -0.39 is 6.09 Å². The molecule has 0 aliphatic heterocycles. The third-order valence-electron chi connectivity index (χ3n) is 5.10. The van der Waals surface area contributed by atoms with Gasteiger partial charge in [0.15, 0.2) is 12.4 Å². The van der Waals surface area contributed by atoms with Gasteiger partial charge >= 0.3 is 6.09 Å². The van der Waals surface area contributed by atoms with Gasteiger partial charge in [-0.25, -0.2) is 4.79 Å². The van der Waals surface area contributed by atoms with Gasteiger partial charge in [-0.3, -0.25) is 4.79 Å². The van der Waals surface area contributed by atoms with Gasteiger partial charge in [-0.15, -0.1) is 0 Å². The Morgan fingerprint density at radius 2 is 1.42 bits per heavy atom. The smallest absolute Gasteiger partial charge is 0.412 e. The van der Waals surface area contributed by atoms with E-state index in [2.05, 4.69) is 10.6 Å². The van der Waals surface area contributed by atoms with Crippen molar-refractivity contribution in [1.82, 2.24) is 10.6 Å². The Hall–Kier alpha value is -3.87. The van der Waals surface area contributed by atoms with E-state index in [1.807, 2.05) is 56.3 Å². The van der Waals surface area contributed by atoms with Gasteiger partial charge in [-0.2, -0.15) is 4.57 Å². The van der Waals surface area contributed by atoms with Crippen molar-refractivity contribution in [3.8, 4) is 5.75 Å². The number of nitrogens with zero attached hydrogens (tertiary/aromatic N) is 1. The molecule has 0 aliphatic carbocycles. The van der Waals surface area contributed by atoms with Crippen LogP contribution in [0.3, 0.4) is 0 Å². The molecule has 1 aromatic heterocycles. The fraction of sp³-hybridized carbons (Fsp3) is 0.269. The first kappa shape index (κ1) is 23.8. The predicted octanol–water partition coefficient (Wildman–Crippen LogP) is 3.36. The van der Waals surface area contributed by atoms with Gasteiger partial charge < -0.3 is 20.5 Å². The standard InChI is InChI=1S/C26H29N3O4/c1-19(16-22-8-10-24(30)11-9-22)27-25(31)23-12-14-29(15-13-23)18-33-26(32)28-20(2)17-21-6-4-3-5-7-21/h3-15,19-20H,16-18H2,1-2H3,(H2-,27,28,30,31,32)/p+1/t19-,20+/m1/s1. The Morgan fingerprint density at radius 3 is 2.06 bits per heavy atom. The van der Waals surface area contributed by atoms with E-state index in [9.17, 15) is 14.7 Å². The summed E-state index contributed by atoms with van der Waals surface area (Å²) in [6.45, 7) is 3.90. The zero-order valence-electron chi connectivity index (χ0n) is 18.9. The molecule has 33 heavy (non-hydrogen) atoms. The molecule has 0 saturated heterocycles. The van der Waals surface area contributed by atoms with Crippen molar-refractivity contribution in [2.75, 3.05) is 0 Å². The maximum Gasteiger partial charge on any atom is 0.412 e. The zero-order chi connectivity index (χ0) is 23.6. The molecule has 7 heteroatoms. The second-order valence-corrected chi connectivity index (χ2v) is 8.14. The van der Waals surface area contributed by atoms with Gasteiger partial charge in [0.25, 0.3) is 12.6 Å². The average molecular weight is 449 g/mol. The number of ether oxygens (including phenoxy) is 1. The number of aromatic hydroxyl groups is 1. The van der Waals surface area contributed by atoms with Crippen molar-refractivity contribution < 1.29 is 24.0 Å². The fourth-order valence-corrected chi connectivity index (χ4v) is 3.43. The summed E-state index contributed by atoms with van der Waals surface area (Å²) < 4.78 is 6.95. The predicted molar refractivity (Wildman–Crippen MR) is 125 cm³/mol. The van der Waals surface area contributed by atoms with Crippen molar-refractivity contribution in [3.05, 3.63) is 95.8 Å². The van der Waals surface area contributed by atoms with Gasteiger partial charge in [0, 0.05) is 24.2 Å². The minimum Gasteiger partial charge on any atom is -0.508 e. The molecule has 3 rings (SSSR count). The summed E-state index contributed by atoms with van der Waals surface area (Å²) in [5.74, 6) is 0.0398. The van der Waals surface area contributed by atoms with E-state index in [-0.39, 0.29) is 30.5 Å². The number of nitrogens with one attached hydrogen (secondary N) is 2. The lowest BCUT2D eigenvalue weighted by molar-refractivity contribution is -0.727. The maximum atomic E-state index is 12.5. The molecule has 172 valence electrons. The summed E-state index contributed by atoms with van der Waals surface area (Å²) in [7, 11) is 0. The lowest BCUT2D eigenvalue weighted by Crippen LogP contribution is -2.41. The molecule has 0 bridgehead atoms. The lowest BCUT2D eigenvalue weighted by atomic mass is 10.1. The SMILES string of the molecule is C[C@H](Cc1ccc(O)cc1)NC(=O)c1cc[n+](COC(=O)N[C@@H](C)Cc2ccccc2)cc1. The Balaban J connectivity index is 1.42. The van der Waals surface area contributed by atoms with Gasteiger partial charge in [0.2, 0.25) is 0 Å². The Kier molecular flexibility index (Phi) is 8.41. The molecule has 1 heterocycles. The van der Waals surface area contributed by atoms with Crippen LogP contribution < -0.4 is 15.2 Å². The highest BCUT2D eigenvalue weighted by molar-refractivity contribution is 5.94. The molecule has 0 unspecified atom stereocenters. The maximum absolute atomic E-state index is 12.5. The number of carbonyl (C=O) groups excluding carboxylic acids is 2. The van der Waals surface area contributed by atoms with Gasteiger partial charge in [0.05, 0.1) is 5.56 Å². The number of rotatable bonds is 9. The van der Waals surface area contributed by atoms with Gasteiger partial charge in [-0.05, 0) is 49.9 Å². The number of amides is 2. The number of phenolic OH excluding ortho intramolecular Hbond substituents is 1. The summed E-state index contributed by atoms with van der Waals surface area (Å²) in [5.41, 5.74) is 2.69. The molecule has 2 aromatic carbocycles. The summed E-state index contributed by atoms with van der Waals surface area (Å²) >= 11 is 0. The van der Waals surface area contributed by atoms with Crippen molar-refractivity contribution in [2.24, 2.45) is 0 Å². The van der Waals surface area contributed by atoms with E-state index in [1.54, 1.807) is 41.2 Å². The van der Waals surface area contributed by atoms with Crippen LogP contribution >= 0.6 is 0 Å². The number of aromatic nitrogens is 1. The first-order chi connectivity index (χ1) is 15.9. The number of carbonyl (C=O) groups is 2. The first-order valence-corrected chi connectivity index (χ1v) is 10.9. The molecule has 0 radical (unpaired) electrons. The molecular weight excluding hydrogens is 418 g/mol. The van der Waals surface area contributed by atoms with Crippen molar-refractivity contribution >= 4 is 12.0 Å². The monoisotopic (exact) mass is 448 g/mol. The lowest BCUT2D eigenvalue weighted by Gasteiger charge is -2.14. The Morgan fingerprint density at radius 1 is 0.848 bits per heavy atom. The number of hydrogen-bond donors (Lipinski definition) is 3. The third kappa shape index (κ3) is 7.96. The summed E-state index contributed by atoms with van der Waals surface area (Å²) in [6.07, 6.45) is 4.28. The van der Waals surface area contributed by atoms with Crippen LogP contribution in [0.15, 0.2) is 79.1 Å². The topological polar surface area (TPSA) is 91.5 Å². The van der Waals surface area contributed by atoms with Crippen LogP contribution in [0.4, 0.5) is 4.79 Å². The molecule has 3 N–H and O–H groups in total. The Bertz CT molecular complexity index is 1040. The molecule has 7 nitrogen and oxygen atoms in total. The van der Waals surface area contributed by atoms with Crippen LogP contribution in [0.2, 0.25) is 0 Å². The molecule has 2 atom stereocenters. The number of phenols is 1. The quantitative estimate of drug-likeness (QED) is 0.438. The van der Waals surface area contributed by atoms with E-state index in [4.69, 9.17) is 4.74 Å². The van der Waals surface area contributed by atoms with Crippen molar-refractivity contribution in [1.29, 1.82) is 0 Å². The van der Waals surface area contributed by atoms with Crippen LogP contribution in [0, 0.1) is 0 Å². The largest absolute Gasteiger partial charge is 0.508 e. The highest BCUT2D eigenvalue weighted by Gasteiger charge is 2.14. The molecule has 0 fully saturated rings. The summed E-state index contributed by atoms with van der Waals surface area (Å²) in [6, 6.07) is 20.1. The molecule has 2 amide bonds. The summed E-state index contributed by atoms with van der Waals surface area (Å²) in [4.78, 5) is 24.5. The third-order valence-corrected chi connectivity index (χ3v) is 5.10. The molecular formula is C26H30N3O4+. The number of benzene rings is 2. The van der Waals surface area contributed by atoms with Crippen LogP contribution in [0.5, 0.6) is 5.75 Å². The highest BCUT2D eigenvalue weighted by atomic mass is 16.6. The van der Waals surface area contributed by atoms with E-state index in [0.29, 0.717) is 12.0 Å². The first-order valence-electron chi connectivity index (χ1n) is 10.9. The molecule has 0 spiro atoms. The van der Waals surface area contributed by atoms with Gasteiger partial charge in [0.1, 0.15) is 5.75 Å². The minimum atomic E-state index is -0.490. The number of pyridine rings is 1. The molecule has 3 aromatic rings. The van der Waals surface area contributed by atoms with Crippen LogP contribution in [-0.4, -0.2) is 29.2 Å². The number of hydrogen-bond acceptors (Lipinski definition) is 4. The van der Waals surface area contributed by atoms with Crippen molar-refractivity contribution in [3.63, 3.8) is 0 Å². The zero-order valence-corrected chi connectivity index (χ0v) is 18.9. The molecule has 0 saturated carbocycles. The van der Waals surface area contributed by atoms with E-state index in [1.165, 1.54) is 0 Å². The molecule has 0 aliphatic rings. The van der Waals surface area contributed by atoms with Crippen LogP contribution in [-0.2, 0) is 24.3 Å². The average Bonchev–Trinajstić information content (AvgIpc) is 2.80. The van der Waals surface area contributed by atoms with Gasteiger partial charge in [-0.1, -0.05) is 42.5 Å². The van der Waals surface area contributed by atoms with E-state index in [0.717, 1.165) is 17.5 Å². The second kappa shape index (κ2) is 11.7. The summed E-state index contributed by atoms with van der Waals surface area (Å²) in [5, 5.41) is 15.2. The van der Waals surface area contributed by atoms with Crippen molar-refractivity contribution in [2.45, 2.75) is 45.5 Å². The normalized spacial score (nSPS) is 12.4.